The quantitative estimate of drug-likeness (QED) is 0.930. The Kier molecular flexibility index (Phi) is 4.59. The third-order valence-corrected chi connectivity index (χ3v) is 4.42. The molecule has 1 aromatic carbocycles. The molecule has 2 N–H and O–H groups in total. The minimum atomic E-state index is 0.455. The Morgan fingerprint density at radius 2 is 2.16 bits per heavy atom. The molecule has 0 aliphatic heterocycles. The van der Waals surface area contributed by atoms with Gasteiger partial charge in [0.15, 0.2) is 0 Å². The van der Waals surface area contributed by atoms with Crippen LogP contribution in [0, 0.1) is 11.3 Å². The highest BCUT2D eigenvalue weighted by Gasteiger charge is 2.09. The number of thiophene rings is 1. The van der Waals surface area contributed by atoms with Crippen molar-refractivity contribution in [3.63, 3.8) is 0 Å². The van der Waals surface area contributed by atoms with Crippen molar-refractivity contribution in [1.82, 2.24) is 0 Å². The van der Waals surface area contributed by atoms with E-state index >= 15 is 0 Å². The summed E-state index contributed by atoms with van der Waals surface area (Å²) in [7, 11) is 1.99. The van der Waals surface area contributed by atoms with Gasteiger partial charge in [0.1, 0.15) is 6.07 Å². The molecule has 5 heteroatoms. The smallest absolute Gasteiger partial charge is 0.101 e. The van der Waals surface area contributed by atoms with E-state index in [1.807, 2.05) is 25.2 Å². The molecule has 19 heavy (non-hydrogen) atoms. The highest BCUT2D eigenvalue weighted by molar-refractivity contribution is 9.11. The SMILES string of the molecule is CN(Cc1csc(Br)c1)c1ccc(CN)cc1C#N. The number of halogens is 1. The van der Waals surface area contributed by atoms with Gasteiger partial charge in [-0.2, -0.15) is 5.26 Å². The lowest BCUT2D eigenvalue weighted by molar-refractivity contribution is 0.922. The van der Waals surface area contributed by atoms with Gasteiger partial charge in [-0.05, 0) is 50.6 Å². The fourth-order valence-corrected chi connectivity index (χ4v) is 3.12. The van der Waals surface area contributed by atoms with Crippen LogP contribution in [0.4, 0.5) is 5.69 Å². The number of anilines is 1. The minimum Gasteiger partial charge on any atom is -0.369 e. The van der Waals surface area contributed by atoms with Crippen LogP contribution in [0.25, 0.3) is 0 Å². The van der Waals surface area contributed by atoms with Crippen LogP contribution in [-0.2, 0) is 13.1 Å². The van der Waals surface area contributed by atoms with E-state index in [2.05, 4.69) is 38.3 Å². The van der Waals surface area contributed by atoms with Crippen LogP contribution in [0.15, 0.2) is 33.4 Å². The molecule has 0 unspecified atom stereocenters. The standard InChI is InChI=1S/C14H14BrN3S/c1-18(8-11-5-14(15)19-9-11)13-3-2-10(6-16)4-12(13)7-17/h2-5,9H,6,8,16H2,1H3. The molecule has 0 fully saturated rings. The van der Waals surface area contributed by atoms with E-state index in [1.165, 1.54) is 5.56 Å². The third kappa shape index (κ3) is 3.35. The Bertz CT molecular complexity index is 615. The molecule has 1 heterocycles. The molecule has 2 aromatic rings. The molecule has 0 radical (unpaired) electrons. The highest BCUT2D eigenvalue weighted by atomic mass is 79.9. The monoisotopic (exact) mass is 335 g/mol. The van der Waals surface area contributed by atoms with E-state index in [9.17, 15) is 5.26 Å². The van der Waals surface area contributed by atoms with E-state index in [0.29, 0.717) is 12.1 Å². The molecule has 0 spiro atoms. The molecule has 0 saturated heterocycles. The molecule has 0 bridgehead atoms. The second-order valence-corrected chi connectivity index (χ2v) is 6.57. The number of hydrogen-bond donors (Lipinski definition) is 1. The van der Waals surface area contributed by atoms with E-state index in [1.54, 1.807) is 11.3 Å². The van der Waals surface area contributed by atoms with Gasteiger partial charge in [0.05, 0.1) is 15.0 Å². The summed E-state index contributed by atoms with van der Waals surface area (Å²) in [6, 6.07) is 10.1. The summed E-state index contributed by atoms with van der Waals surface area (Å²) in [4.78, 5) is 2.08. The fourth-order valence-electron chi connectivity index (χ4n) is 1.92. The lowest BCUT2D eigenvalue weighted by Gasteiger charge is -2.20. The first-order chi connectivity index (χ1) is 9.13. The van der Waals surface area contributed by atoms with Crippen molar-refractivity contribution < 1.29 is 0 Å². The summed E-state index contributed by atoms with van der Waals surface area (Å²) in [6.45, 7) is 1.23. The maximum absolute atomic E-state index is 9.23. The number of nitrogens with zero attached hydrogens (tertiary/aromatic N) is 2. The van der Waals surface area contributed by atoms with E-state index < -0.39 is 0 Å². The average Bonchev–Trinajstić information content (AvgIpc) is 2.83. The first-order valence-electron chi connectivity index (χ1n) is 5.81. The van der Waals surface area contributed by atoms with Gasteiger partial charge in [-0.3, -0.25) is 0 Å². The summed E-state index contributed by atoms with van der Waals surface area (Å²) in [5.41, 5.74) is 9.40. The largest absolute Gasteiger partial charge is 0.369 e. The summed E-state index contributed by atoms with van der Waals surface area (Å²) >= 11 is 5.13. The zero-order valence-corrected chi connectivity index (χ0v) is 13.0. The van der Waals surface area contributed by atoms with Gasteiger partial charge in [-0.1, -0.05) is 6.07 Å². The predicted octanol–water partition coefficient (Wildman–Crippen LogP) is 3.48. The van der Waals surface area contributed by atoms with Gasteiger partial charge in [0, 0.05) is 20.1 Å². The Morgan fingerprint density at radius 1 is 1.37 bits per heavy atom. The zero-order chi connectivity index (χ0) is 13.8. The van der Waals surface area contributed by atoms with Gasteiger partial charge in [0.2, 0.25) is 0 Å². The Balaban J connectivity index is 2.23. The molecule has 0 aliphatic carbocycles. The van der Waals surface area contributed by atoms with Crippen LogP contribution in [0.1, 0.15) is 16.7 Å². The summed E-state index contributed by atoms with van der Waals surface area (Å²) in [5.74, 6) is 0. The molecule has 2 rings (SSSR count). The Morgan fingerprint density at radius 3 is 2.74 bits per heavy atom. The van der Waals surface area contributed by atoms with Crippen LogP contribution < -0.4 is 10.6 Å². The number of benzene rings is 1. The first kappa shape index (κ1) is 14.1. The van der Waals surface area contributed by atoms with Crippen LogP contribution in [0.5, 0.6) is 0 Å². The van der Waals surface area contributed by atoms with E-state index in [-0.39, 0.29) is 0 Å². The Hall–Kier alpha value is -1.35. The number of rotatable bonds is 4. The molecule has 3 nitrogen and oxygen atoms in total. The molecule has 1 aromatic heterocycles. The summed E-state index contributed by atoms with van der Waals surface area (Å²) in [6.07, 6.45) is 0. The average molecular weight is 336 g/mol. The lowest BCUT2D eigenvalue weighted by atomic mass is 10.1. The highest BCUT2D eigenvalue weighted by Crippen LogP contribution is 2.25. The van der Waals surface area contributed by atoms with E-state index in [0.717, 1.165) is 21.6 Å². The predicted molar refractivity (Wildman–Crippen MR) is 83.2 cm³/mol. The molecule has 0 amide bonds. The maximum atomic E-state index is 9.23. The third-order valence-electron chi connectivity index (χ3n) is 2.87. The number of nitrogens with two attached hydrogens (primary N) is 1. The maximum Gasteiger partial charge on any atom is 0.101 e. The minimum absolute atomic E-state index is 0.455. The van der Waals surface area contributed by atoms with Crippen molar-refractivity contribution in [1.29, 1.82) is 5.26 Å². The van der Waals surface area contributed by atoms with Gasteiger partial charge in [-0.15, -0.1) is 11.3 Å². The second-order valence-electron chi connectivity index (χ2n) is 4.28. The normalized spacial score (nSPS) is 10.2. The van der Waals surface area contributed by atoms with Crippen molar-refractivity contribution >= 4 is 33.0 Å². The first-order valence-corrected chi connectivity index (χ1v) is 7.48. The van der Waals surface area contributed by atoms with Crippen molar-refractivity contribution in [2.75, 3.05) is 11.9 Å². The summed E-state index contributed by atoms with van der Waals surface area (Å²) < 4.78 is 1.12. The van der Waals surface area contributed by atoms with Crippen LogP contribution in [-0.4, -0.2) is 7.05 Å². The topological polar surface area (TPSA) is 53.0 Å². The van der Waals surface area contributed by atoms with Gasteiger partial charge in [0.25, 0.3) is 0 Å². The van der Waals surface area contributed by atoms with Crippen LogP contribution in [0.2, 0.25) is 0 Å². The molecule has 0 saturated carbocycles. The number of nitriles is 1. The van der Waals surface area contributed by atoms with Gasteiger partial charge in [-0.25, -0.2) is 0 Å². The van der Waals surface area contributed by atoms with Gasteiger partial charge >= 0.3 is 0 Å². The van der Waals surface area contributed by atoms with Crippen molar-refractivity contribution in [3.05, 3.63) is 50.1 Å². The molecule has 0 aliphatic rings. The molecule has 98 valence electrons. The van der Waals surface area contributed by atoms with Crippen LogP contribution in [0.3, 0.4) is 0 Å². The molecular weight excluding hydrogens is 322 g/mol. The van der Waals surface area contributed by atoms with Crippen molar-refractivity contribution in [2.24, 2.45) is 5.73 Å². The number of hydrogen-bond acceptors (Lipinski definition) is 4. The van der Waals surface area contributed by atoms with E-state index in [4.69, 9.17) is 5.73 Å². The summed E-state index contributed by atoms with van der Waals surface area (Å²) in [5, 5.41) is 11.3. The second kappa shape index (κ2) is 6.20. The van der Waals surface area contributed by atoms with Crippen molar-refractivity contribution in [2.45, 2.75) is 13.1 Å². The van der Waals surface area contributed by atoms with Crippen LogP contribution >= 0.6 is 27.3 Å². The van der Waals surface area contributed by atoms with Gasteiger partial charge < -0.3 is 10.6 Å². The Labute approximate surface area is 125 Å². The molecule has 0 atom stereocenters. The molecular formula is C14H14BrN3S. The fraction of sp³-hybridized carbons (Fsp3) is 0.214. The lowest BCUT2D eigenvalue weighted by Crippen LogP contribution is -2.17. The zero-order valence-electron chi connectivity index (χ0n) is 10.6. The van der Waals surface area contributed by atoms with Crippen molar-refractivity contribution in [3.8, 4) is 6.07 Å².